The third-order valence-electron chi connectivity index (χ3n) is 7.10. The highest BCUT2D eigenvalue weighted by Gasteiger charge is 2.24. The molecule has 0 aliphatic carbocycles. The van der Waals surface area contributed by atoms with Gasteiger partial charge in [0.05, 0.1) is 23.5 Å². The molecule has 0 radical (unpaired) electrons. The van der Waals surface area contributed by atoms with Gasteiger partial charge in [-0.3, -0.25) is 0 Å². The summed E-state index contributed by atoms with van der Waals surface area (Å²) < 4.78 is 27.7. The molecule has 220 valence electrons. The average molecular weight is 572 g/mol. The maximum atomic E-state index is 15.5. The molecular weight excluding hydrogens is 533 g/mol. The van der Waals surface area contributed by atoms with Crippen molar-refractivity contribution in [1.29, 1.82) is 0 Å². The second-order valence-corrected chi connectivity index (χ2v) is 10.9. The highest BCUT2D eigenvalue weighted by molar-refractivity contribution is 5.90. The van der Waals surface area contributed by atoms with Crippen LogP contribution in [0.5, 0.6) is 11.5 Å². The molecule has 0 saturated heterocycles. The molecular formula is C32H38FN7O2. The van der Waals surface area contributed by atoms with Crippen LogP contribution in [-0.2, 0) is 0 Å². The van der Waals surface area contributed by atoms with Gasteiger partial charge >= 0.3 is 0 Å². The lowest BCUT2D eigenvalue weighted by Gasteiger charge is -2.24. The molecule has 4 heterocycles. The Morgan fingerprint density at radius 2 is 2.10 bits per heavy atom. The molecule has 0 spiro atoms. The number of hydrogen-bond acceptors (Lipinski definition) is 9. The largest absolute Gasteiger partial charge is 0.489 e. The Bertz CT molecular complexity index is 1590. The number of aromatic nitrogens is 3. The van der Waals surface area contributed by atoms with E-state index < -0.39 is 5.82 Å². The first-order valence-corrected chi connectivity index (χ1v) is 14.4. The lowest BCUT2D eigenvalue weighted by molar-refractivity contribution is 0.273. The summed E-state index contributed by atoms with van der Waals surface area (Å²) >= 11 is 0. The fourth-order valence-electron chi connectivity index (χ4n) is 4.93. The van der Waals surface area contributed by atoms with Crippen LogP contribution in [0.2, 0.25) is 0 Å². The van der Waals surface area contributed by atoms with E-state index in [1.54, 1.807) is 23.4 Å². The van der Waals surface area contributed by atoms with Gasteiger partial charge in [-0.15, -0.1) is 0 Å². The fourth-order valence-corrected chi connectivity index (χ4v) is 4.93. The number of unbranched alkanes of at least 4 members (excludes halogenated alkanes) is 1. The van der Waals surface area contributed by atoms with Crippen molar-refractivity contribution in [2.75, 3.05) is 29.9 Å². The third-order valence-corrected chi connectivity index (χ3v) is 7.10. The van der Waals surface area contributed by atoms with Gasteiger partial charge in [-0.1, -0.05) is 25.8 Å². The van der Waals surface area contributed by atoms with Gasteiger partial charge in [-0.25, -0.2) is 24.4 Å². The van der Waals surface area contributed by atoms with Crippen LogP contribution in [0.25, 0.3) is 11.0 Å². The minimum Gasteiger partial charge on any atom is -0.489 e. The van der Waals surface area contributed by atoms with E-state index >= 15 is 4.39 Å². The molecule has 2 aliphatic rings. The van der Waals surface area contributed by atoms with Crippen molar-refractivity contribution in [3.63, 3.8) is 0 Å². The van der Waals surface area contributed by atoms with Crippen molar-refractivity contribution in [3.8, 4) is 11.5 Å². The minimum atomic E-state index is -0.473. The van der Waals surface area contributed by atoms with E-state index in [1.165, 1.54) is 12.4 Å². The summed E-state index contributed by atoms with van der Waals surface area (Å²) in [5, 5.41) is 9.28. The first-order valence-electron chi connectivity index (χ1n) is 14.4. The molecule has 1 atom stereocenters. The fraction of sp³-hybridized carbons (Fsp3) is 0.375. The molecule has 0 saturated carbocycles. The number of allylic oxidation sites excluding steroid dienone is 3. The number of nitrogens with one attached hydrogen (secondary N) is 1. The zero-order valence-corrected chi connectivity index (χ0v) is 25.1. The van der Waals surface area contributed by atoms with Gasteiger partial charge in [-0.2, -0.15) is 5.10 Å². The summed E-state index contributed by atoms with van der Waals surface area (Å²) in [4.78, 5) is 16.1. The molecule has 0 amide bonds. The minimum absolute atomic E-state index is 0.269. The molecule has 2 aliphatic heterocycles. The molecule has 10 heteroatoms. The van der Waals surface area contributed by atoms with E-state index in [4.69, 9.17) is 14.5 Å². The number of aryl methyl sites for hydroxylation is 1. The molecule has 0 fully saturated rings. The molecule has 1 aromatic carbocycles. The van der Waals surface area contributed by atoms with Crippen LogP contribution in [0.15, 0.2) is 65.0 Å². The Balaban J connectivity index is 1.44. The highest BCUT2D eigenvalue weighted by Crippen LogP contribution is 2.36. The van der Waals surface area contributed by atoms with E-state index in [1.807, 2.05) is 46.0 Å². The first-order chi connectivity index (χ1) is 20.3. The van der Waals surface area contributed by atoms with Crippen molar-refractivity contribution in [2.45, 2.75) is 54.4 Å². The van der Waals surface area contributed by atoms with Crippen molar-refractivity contribution < 1.29 is 13.9 Å². The molecule has 0 bridgehead atoms. The lowest BCUT2D eigenvalue weighted by atomic mass is 10.1. The number of benzene rings is 1. The van der Waals surface area contributed by atoms with Crippen LogP contribution in [0, 0.1) is 18.7 Å². The van der Waals surface area contributed by atoms with Gasteiger partial charge < -0.3 is 19.7 Å². The molecule has 1 N–H and O–H groups in total. The van der Waals surface area contributed by atoms with Gasteiger partial charge in [0.25, 0.3) is 0 Å². The standard InChI is InChI=1S/C32H38FN7O2/c1-7-9-11-39-17-21(5)18-41-29-16-26-30(38-32(29)39)31(35-19-34-26)37-25-13-22(6)28(15-24(25)33)42-23-10-12-40(36-8-2)27(14-23)20(3)4/h8,10,12-16,19,21H,7,9,11,17-18H2,1-6H3,(H,34,35,37)/b36-8-/t21-/m0/s1. The number of anilines is 3. The van der Waals surface area contributed by atoms with Crippen LogP contribution >= 0.6 is 0 Å². The molecule has 9 nitrogen and oxygen atoms in total. The smallest absolute Gasteiger partial charge is 0.172 e. The van der Waals surface area contributed by atoms with Crippen molar-refractivity contribution in [1.82, 2.24) is 20.0 Å². The van der Waals surface area contributed by atoms with Gasteiger partial charge in [0.1, 0.15) is 29.2 Å². The van der Waals surface area contributed by atoms with Gasteiger partial charge in [0, 0.05) is 49.6 Å². The zero-order chi connectivity index (χ0) is 29.8. The van der Waals surface area contributed by atoms with E-state index in [2.05, 4.69) is 39.1 Å². The molecule has 3 aromatic rings. The Morgan fingerprint density at radius 3 is 2.86 bits per heavy atom. The maximum Gasteiger partial charge on any atom is 0.172 e. The van der Waals surface area contributed by atoms with E-state index in [0.717, 1.165) is 48.6 Å². The summed E-state index contributed by atoms with van der Waals surface area (Å²) in [6.07, 6.45) is 10.8. The number of ether oxygens (including phenoxy) is 2. The monoisotopic (exact) mass is 571 g/mol. The summed E-state index contributed by atoms with van der Waals surface area (Å²) in [5.41, 5.74) is 4.18. The number of hydrazone groups is 1. The quantitative estimate of drug-likeness (QED) is 0.283. The number of rotatable bonds is 8. The second-order valence-electron chi connectivity index (χ2n) is 10.9. The van der Waals surface area contributed by atoms with Crippen molar-refractivity contribution in [3.05, 3.63) is 71.3 Å². The van der Waals surface area contributed by atoms with Crippen LogP contribution < -0.4 is 19.7 Å². The molecule has 2 aromatic heterocycles. The number of pyridine rings is 1. The normalized spacial score (nSPS) is 16.8. The topological polar surface area (TPSA) is 88.0 Å². The van der Waals surface area contributed by atoms with Crippen LogP contribution in [0.3, 0.4) is 0 Å². The highest BCUT2D eigenvalue weighted by atomic mass is 19.1. The van der Waals surface area contributed by atoms with Crippen LogP contribution in [0.4, 0.5) is 21.7 Å². The predicted molar refractivity (Wildman–Crippen MR) is 166 cm³/mol. The van der Waals surface area contributed by atoms with Gasteiger partial charge in [0.15, 0.2) is 17.4 Å². The number of hydrogen-bond donors (Lipinski definition) is 1. The van der Waals surface area contributed by atoms with Crippen LogP contribution in [-0.4, -0.2) is 45.9 Å². The maximum absolute atomic E-state index is 15.5. The third kappa shape index (κ3) is 6.22. The zero-order valence-electron chi connectivity index (χ0n) is 25.1. The summed E-state index contributed by atoms with van der Waals surface area (Å²) in [5.74, 6) is 2.80. The molecule has 42 heavy (non-hydrogen) atoms. The van der Waals surface area contributed by atoms with Gasteiger partial charge in [0.2, 0.25) is 0 Å². The van der Waals surface area contributed by atoms with Crippen molar-refractivity contribution >= 4 is 34.6 Å². The Labute approximate surface area is 246 Å². The van der Waals surface area contributed by atoms with E-state index in [9.17, 15) is 0 Å². The Hall–Kier alpha value is -4.47. The molecule has 5 rings (SSSR count). The van der Waals surface area contributed by atoms with E-state index in [0.29, 0.717) is 46.6 Å². The van der Waals surface area contributed by atoms with Crippen LogP contribution in [0.1, 0.15) is 53.0 Å². The van der Waals surface area contributed by atoms with Gasteiger partial charge in [-0.05, 0) is 51.8 Å². The second kappa shape index (κ2) is 12.6. The summed E-state index contributed by atoms with van der Waals surface area (Å²) in [7, 11) is 0. The molecule has 0 unspecified atom stereocenters. The van der Waals surface area contributed by atoms with Crippen molar-refractivity contribution in [2.24, 2.45) is 11.0 Å². The average Bonchev–Trinajstić information content (AvgIpc) is 3.12. The number of nitrogens with zero attached hydrogens (tertiary/aromatic N) is 6. The summed E-state index contributed by atoms with van der Waals surface area (Å²) in [6.45, 7) is 14.4. The Kier molecular flexibility index (Phi) is 8.70. The Morgan fingerprint density at radius 1 is 1.26 bits per heavy atom. The SMILES string of the molecule is C/C=N\N1C=CC(Oc2cc(F)c(Nc3ncnc4cc5c(nc34)N(CCCC)C[C@H](C)CO5)cc2C)=CC1=C(C)C. The predicted octanol–water partition coefficient (Wildman–Crippen LogP) is 7.24. The number of halogens is 1. The van der Waals surface area contributed by atoms with E-state index in [-0.39, 0.29) is 5.69 Å². The summed E-state index contributed by atoms with van der Waals surface area (Å²) in [6, 6.07) is 5.00. The lowest BCUT2D eigenvalue weighted by Crippen LogP contribution is -2.30. The number of fused-ring (bicyclic) bond motifs is 2. The first kappa shape index (κ1) is 29.0.